The zero-order valence-corrected chi connectivity index (χ0v) is 13.9. The molecule has 0 saturated carbocycles. The van der Waals surface area contributed by atoms with Gasteiger partial charge in [0.15, 0.2) is 6.10 Å². The van der Waals surface area contributed by atoms with Gasteiger partial charge in [0.05, 0.1) is 11.6 Å². The summed E-state index contributed by atoms with van der Waals surface area (Å²) in [6.07, 6.45) is 1.88. The lowest BCUT2D eigenvalue weighted by atomic mass is 10.2. The second-order valence-corrected chi connectivity index (χ2v) is 5.12. The molecule has 0 spiro atoms. The minimum absolute atomic E-state index is 0.156. The molecule has 8 heteroatoms. The Hall–Kier alpha value is -2.67. The molecule has 0 saturated heterocycles. The highest BCUT2D eigenvalue weighted by Gasteiger charge is 2.22. The summed E-state index contributed by atoms with van der Waals surface area (Å²) < 4.78 is 10.4. The summed E-state index contributed by atoms with van der Waals surface area (Å²) in [6, 6.07) is 6.24. The average Bonchev–Trinajstić information content (AvgIpc) is 2.57. The maximum atomic E-state index is 12.2. The van der Waals surface area contributed by atoms with Crippen molar-refractivity contribution in [3.8, 4) is 5.88 Å². The van der Waals surface area contributed by atoms with E-state index in [1.807, 2.05) is 0 Å². The van der Waals surface area contributed by atoms with Crippen LogP contribution in [0.1, 0.15) is 24.2 Å². The first-order valence-electron chi connectivity index (χ1n) is 7.22. The van der Waals surface area contributed by atoms with Crippen molar-refractivity contribution in [2.24, 2.45) is 0 Å². The Labute approximate surface area is 144 Å². The number of hydrogen-bond donors (Lipinski definition) is 1. The van der Waals surface area contributed by atoms with E-state index in [9.17, 15) is 9.59 Å². The van der Waals surface area contributed by atoms with Crippen LogP contribution >= 0.6 is 11.6 Å². The number of amides is 1. The van der Waals surface area contributed by atoms with Crippen molar-refractivity contribution in [2.75, 3.05) is 11.9 Å². The Morgan fingerprint density at radius 1 is 1.29 bits per heavy atom. The van der Waals surface area contributed by atoms with Crippen LogP contribution in [0.25, 0.3) is 0 Å². The number of carbonyl (C=O) groups excluding carboxylic acids is 2. The molecule has 0 aliphatic heterocycles. The van der Waals surface area contributed by atoms with Crippen LogP contribution < -0.4 is 10.1 Å². The fraction of sp³-hybridized carbons (Fsp3) is 0.250. The number of anilines is 1. The number of halogens is 1. The first-order chi connectivity index (χ1) is 11.5. The normalized spacial score (nSPS) is 11.5. The van der Waals surface area contributed by atoms with Crippen molar-refractivity contribution in [2.45, 2.75) is 20.0 Å². The number of aromatic nitrogens is 2. The van der Waals surface area contributed by atoms with Gasteiger partial charge in [-0.15, -0.1) is 0 Å². The van der Waals surface area contributed by atoms with E-state index < -0.39 is 18.0 Å². The molecule has 1 N–H and O–H groups in total. The lowest BCUT2D eigenvalue weighted by Crippen LogP contribution is -2.30. The topological polar surface area (TPSA) is 90.4 Å². The van der Waals surface area contributed by atoms with Crippen LogP contribution in [0.4, 0.5) is 5.82 Å². The summed E-state index contributed by atoms with van der Waals surface area (Å²) >= 11 is 5.73. The summed E-state index contributed by atoms with van der Waals surface area (Å²) in [5.74, 6) is -0.737. The van der Waals surface area contributed by atoms with E-state index in [1.165, 1.54) is 25.4 Å². The molecule has 2 rings (SSSR count). The van der Waals surface area contributed by atoms with Crippen molar-refractivity contribution in [1.29, 1.82) is 0 Å². The molecule has 0 aliphatic carbocycles. The largest absolute Gasteiger partial charge is 0.477 e. The minimum atomic E-state index is -1.02. The van der Waals surface area contributed by atoms with Crippen molar-refractivity contribution in [3.05, 3.63) is 47.2 Å². The number of carbonyl (C=O) groups is 2. The number of hydrogen-bond acceptors (Lipinski definition) is 6. The third-order valence-corrected chi connectivity index (χ3v) is 3.13. The van der Waals surface area contributed by atoms with E-state index in [0.717, 1.165) is 0 Å². The predicted molar refractivity (Wildman–Crippen MR) is 88.2 cm³/mol. The van der Waals surface area contributed by atoms with E-state index in [0.29, 0.717) is 17.4 Å². The highest BCUT2D eigenvalue weighted by Crippen LogP contribution is 2.17. The molecule has 7 nitrogen and oxygen atoms in total. The lowest BCUT2D eigenvalue weighted by Gasteiger charge is -2.14. The van der Waals surface area contributed by atoms with Gasteiger partial charge in [-0.1, -0.05) is 11.6 Å². The third kappa shape index (κ3) is 4.66. The number of esters is 1. The summed E-state index contributed by atoms with van der Waals surface area (Å²) in [5, 5.41) is 2.98. The Morgan fingerprint density at radius 2 is 2.08 bits per heavy atom. The van der Waals surface area contributed by atoms with Gasteiger partial charge >= 0.3 is 5.97 Å². The van der Waals surface area contributed by atoms with Gasteiger partial charge in [0.25, 0.3) is 5.91 Å². The Kier molecular flexibility index (Phi) is 6.08. The minimum Gasteiger partial charge on any atom is -0.477 e. The zero-order valence-electron chi connectivity index (χ0n) is 13.2. The predicted octanol–water partition coefficient (Wildman–Crippen LogP) is 2.71. The third-order valence-electron chi connectivity index (χ3n) is 2.90. The number of rotatable bonds is 6. The zero-order chi connectivity index (χ0) is 17.5. The Morgan fingerprint density at radius 3 is 2.75 bits per heavy atom. The van der Waals surface area contributed by atoms with Gasteiger partial charge in [0.1, 0.15) is 11.4 Å². The van der Waals surface area contributed by atoms with Gasteiger partial charge in [-0.25, -0.2) is 14.8 Å². The molecule has 126 valence electrons. The van der Waals surface area contributed by atoms with Gasteiger partial charge in [-0.05, 0) is 38.1 Å². The molecule has 1 atom stereocenters. The standard InChI is InChI=1S/C16H16ClN3O4/c1-3-23-15-12(5-4-8-18-15)16(22)24-10(2)14(21)20-13-7-6-11(17)9-19-13/h4-10H,3H2,1-2H3,(H,19,20,21). The summed E-state index contributed by atoms with van der Waals surface area (Å²) in [6.45, 7) is 3.59. The molecule has 1 amide bonds. The Bertz CT molecular complexity index is 722. The van der Waals surface area contributed by atoms with E-state index in [1.54, 1.807) is 25.1 Å². The number of nitrogens with one attached hydrogen (secondary N) is 1. The highest BCUT2D eigenvalue weighted by atomic mass is 35.5. The molecular formula is C16H16ClN3O4. The smallest absolute Gasteiger partial charge is 0.344 e. The maximum Gasteiger partial charge on any atom is 0.344 e. The van der Waals surface area contributed by atoms with Crippen LogP contribution in [0.5, 0.6) is 5.88 Å². The van der Waals surface area contributed by atoms with Crippen molar-refractivity contribution >= 4 is 29.3 Å². The molecular weight excluding hydrogens is 334 g/mol. The molecule has 0 bridgehead atoms. The molecule has 2 heterocycles. The number of pyridine rings is 2. The fourth-order valence-corrected chi connectivity index (χ4v) is 1.86. The maximum absolute atomic E-state index is 12.2. The van der Waals surface area contributed by atoms with Gasteiger partial charge < -0.3 is 14.8 Å². The second kappa shape index (κ2) is 8.26. The van der Waals surface area contributed by atoms with Gasteiger partial charge in [0, 0.05) is 12.4 Å². The fourth-order valence-electron chi connectivity index (χ4n) is 1.75. The molecule has 1 unspecified atom stereocenters. The monoisotopic (exact) mass is 349 g/mol. The van der Waals surface area contributed by atoms with Crippen LogP contribution in [0.2, 0.25) is 5.02 Å². The van der Waals surface area contributed by atoms with Crippen LogP contribution in [0.15, 0.2) is 36.7 Å². The first kappa shape index (κ1) is 17.7. The van der Waals surface area contributed by atoms with Crippen LogP contribution in [0.3, 0.4) is 0 Å². The van der Waals surface area contributed by atoms with E-state index >= 15 is 0 Å². The molecule has 24 heavy (non-hydrogen) atoms. The van der Waals surface area contributed by atoms with Crippen LogP contribution in [-0.4, -0.2) is 34.6 Å². The van der Waals surface area contributed by atoms with Crippen LogP contribution in [0, 0.1) is 0 Å². The molecule has 2 aromatic rings. The molecule has 2 aromatic heterocycles. The van der Waals surface area contributed by atoms with Crippen molar-refractivity contribution in [3.63, 3.8) is 0 Å². The van der Waals surface area contributed by atoms with Gasteiger partial charge in [-0.2, -0.15) is 0 Å². The molecule has 0 aliphatic rings. The van der Waals surface area contributed by atoms with Gasteiger partial charge in [0.2, 0.25) is 5.88 Å². The molecule has 0 fully saturated rings. The van der Waals surface area contributed by atoms with Gasteiger partial charge in [-0.3, -0.25) is 4.79 Å². The highest BCUT2D eigenvalue weighted by molar-refractivity contribution is 6.30. The van der Waals surface area contributed by atoms with E-state index in [-0.39, 0.29) is 11.4 Å². The number of ether oxygens (including phenoxy) is 2. The summed E-state index contributed by atoms with van der Waals surface area (Å²) in [5.41, 5.74) is 0.156. The Balaban J connectivity index is 2.00. The lowest BCUT2D eigenvalue weighted by molar-refractivity contribution is -0.123. The average molecular weight is 350 g/mol. The van der Waals surface area contributed by atoms with E-state index in [4.69, 9.17) is 21.1 Å². The van der Waals surface area contributed by atoms with Crippen LogP contribution in [-0.2, 0) is 9.53 Å². The second-order valence-electron chi connectivity index (χ2n) is 4.69. The number of nitrogens with zero attached hydrogens (tertiary/aromatic N) is 2. The van der Waals surface area contributed by atoms with Crippen molar-refractivity contribution < 1.29 is 19.1 Å². The van der Waals surface area contributed by atoms with Crippen molar-refractivity contribution in [1.82, 2.24) is 9.97 Å². The SMILES string of the molecule is CCOc1ncccc1C(=O)OC(C)C(=O)Nc1ccc(Cl)cn1. The first-order valence-corrected chi connectivity index (χ1v) is 7.60. The molecule has 0 radical (unpaired) electrons. The molecule has 0 aromatic carbocycles. The summed E-state index contributed by atoms with van der Waals surface area (Å²) in [7, 11) is 0. The quantitative estimate of drug-likeness (QED) is 0.806. The summed E-state index contributed by atoms with van der Waals surface area (Å²) in [4.78, 5) is 32.2. The van der Waals surface area contributed by atoms with E-state index in [2.05, 4.69) is 15.3 Å².